The van der Waals surface area contributed by atoms with Crippen LogP contribution >= 0.6 is 0 Å². The number of likely N-dealkylation sites (tertiary alicyclic amines) is 1. The van der Waals surface area contributed by atoms with Crippen LogP contribution in [0.4, 0.5) is 0 Å². The molecule has 2 N–H and O–H groups in total. The number of likely N-dealkylation sites (N-methyl/N-ethyl adjacent to an activating group) is 1. The zero-order valence-corrected chi connectivity index (χ0v) is 14.1. The maximum Gasteiger partial charge on any atom is 0.237 e. The van der Waals surface area contributed by atoms with Gasteiger partial charge in [0.2, 0.25) is 5.91 Å². The molecule has 0 aromatic carbocycles. The molecule has 7 heteroatoms. The second-order valence-corrected chi connectivity index (χ2v) is 6.50. The summed E-state index contributed by atoms with van der Waals surface area (Å²) in [6.45, 7) is 6.51. The van der Waals surface area contributed by atoms with Gasteiger partial charge in [0.05, 0.1) is 13.1 Å². The lowest BCUT2D eigenvalue weighted by Crippen LogP contribution is -2.51. The van der Waals surface area contributed by atoms with Crippen molar-refractivity contribution in [2.24, 2.45) is 18.7 Å². The lowest BCUT2D eigenvalue weighted by atomic mass is 9.92. The van der Waals surface area contributed by atoms with Gasteiger partial charge in [-0.05, 0) is 32.7 Å². The van der Waals surface area contributed by atoms with Crippen molar-refractivity contribution in [3.05, 3.63) is 11.6 Å². The van der Waals surface area contributed by atoms with Gasteiger partial charge in [0.1, 0.15) is 11.6 Å². The van der Waals surface area contributed by atoms with Crippen LogP contribution in [0.5, 0.6) is 0 Å². The number of carbonyl (C=O) groups is 1. The summed E-state index contributed by atoms with van der Waals surface area (Å²) in [5.41, 5.74) is 5.84. The number of hydrogen-bond donors (Lipinski definition) is 1. The van der Waals surface area contributed by atoms with Crippen molar-refractivity contribution < 1.29 is 4.79 Å². The second kappa shape index (κ2) is 7.19. The molecule has 2 rings (SSSR count). The Bertz CT molecular complexity index is 514. The van der Waals surface area contributed by atoms with Gasteiger partial charge in [-0.2, -0.15) is 0 Å². The summed E-state index contributed by atoms with van der Waals surface area (Å²) in [6.07, 6.45) is 2.07. The van der Waals surface area contributed by atoms with Gasteiger partial charge in [-0.1, -0.05) is 6.92 Å². The number of aryl methyl sites for hydroxylation is 1. The van der Waals surface area contributed by atoms with E-state index >= 15 is 0 Å². The maximum absolute atomic E-state index is 12.6. The first-order valence-corrected chi connectivity index (χ1v) is 7.95. The highest BCUT2D eigenvalue weighted by atomic mass is 16.2. The SMILES string of the molecule is Cc1nnc(CN(C)CC(=O)N2CCC(C)CC2CN)n1C. The highest BCUT2D eigenvalue weighted by Crippen LogP contribution is 2.22. The lowest BCUT2D eigenvalue weighted by molar-refractivity contribution is -0.136. The molecule has 0 spiro atoms. The Morgan fingerprint density at radius 1 is 1.45 bits per heavy atom. The highest BCUT2D eigenvalue weighted by Gasteiger charge is 2.29. The molecule has 22 heavy (non-hydrogen) atoms. The van der Waals surface area contributed by atoms with Crippen molar-refractivity contribution in [3.63, 3.8) is 0 Å². The topological polar surface area (TPSA) is 80.3 Å². The largest absolute Gasteiger partial charge is 0.337 e. The molecule has 1 aromatic heterocycles. The van der Waals surface area contributed by atoms with E-state index in [0.717, 1.165) is 31.0 Å². The molecule has 1 saturated heterocycles. The number of hydrogen-bond acceptors (Lipinski definition) is 5. The first-order chi connectivity index (χ1) is 10.4. The van der Waals surface area contributed by atoms with Crippen LogP contribution in [-0.4, -0.2) is 63.2 Å². The van der Waals surface area contributed by atoms with Crippen molar-refractivity contribution in [1.82, 2.24) is 24.6 Å². The van der Waals surface area contributed by atoms with Crippen molar-refractivity contribution in [2.75, 3.05) is 26.7 Å². The minimum atomic E-state index is 0.156. The summed E-state index contributed by atoms with van der Waals surface area (Å²) in [6, 6.07) is 0.182. The van der Waals surface area contributed by atoms with Gasteiger partial charge in [0, 0.05) is 26.2 Å². The van der Waals surface area contributed by atoms with E-state index in [4.69, 9.17) is 5.73 Å². The smallest absolute Gasteiger partial charge is 0.237 e. The predicted octanol–water partition coefficient (Wildman–Crippen LogP) is 0.141. The molecule has 0 aliphatic carbocycles. The van der Waals surface area contributed by atoms with Crippen LogP contribution in [0.15, 0.2) is 0 Å². The van der Waals surface area contributed by atoms with E-state index in [1.54, 1.807) is 0 Å². The van der Waals surface area contributed by atoms with Crippen LogP contribution in [0.25, 0.3) is 0 Å². The van der Waals surface area contributed by atoms with Crippen LogP contribution in [0.1, 0.15) is 31.4 Å². The first-order valence-electron chi connectivity index (χ1n) is 7.95. The third kappa shape index (κ3) is 3.84. The monoisotopic (exact) mass is 308 g/mol. The minimum absolute atomic E-state index is 0.156. The van der Waals surface area contributed by atoms with Crippen LogP contribution in [0.2, 0.25) is 0 Å². The fourth-order valence-electron chi connectivity index (χ4n) is 3.01. The zero-order chi connectivity index (χ0) is 16.3. The molecule has 1 fully saturated rings. The summed E-state index contributed by atoms with van der Waals surface area (Å²) >= 11 is 0. The van der Waals surface area contributed by atoms with E-state index in [0.29, 0.717) is 25.6 Å². The number of nitrogens with two attached hydrogens (primary N) is 1. The number of aromatic nitrogens is 3. The average molecular weight is 308 g/mol. The second-order valence-electron chi connectivity index (χ2n) is 6.50. The van der Waals surface area contributed by atoms with Gasteiger partial charge in [-0.25, -0.2) is 0 Å². The molecule has 2 unspecified atom stereocenters. The molecule has 0 saturated carbocycles. The van der Waals surface area contributed by atoms with Crippen LogP contribution in [0.3, 0.4) is 0 Å². The number of carbonyl (C=O) groups excluding carboxylic acids is 1. The van der Waals surface area contributed by atoms with Gasteiger partial charge < -0.3 is 15.2 Å². The Hall–Kier alpha value is -1.47. The van der Waals surface area contributed by atoms with E-state index in [9.17, 15) is 4.79 Å². The van der Waals surface area contributed by atoms with Crippen molar-refractivity contribution in [3.8, 4) is 0 Å². The van der Waals surface area contributed by atoms with E-state index in [1.807, 2.05) is 35.4 Å². The Morgan fingerprint density at radius 2 is 2.18 bits per heavy atom. The Labute approximate surface area is 132 Å². The molecule has 0 bridgehead atoms. The zero-order valence-electron chi connectivity index (χ0n) is 14.1. The Kier molecular flexibility index (Phi) is 5.52. The van der Waals surface area contributed by atoms with Gasteiger partial charge in [0.15, 0.2) is 0 Å². The molecule has 0 radical (unpaired) electrons. The molecule has 1 aliphatic heterocycles. The summed E-state index contributed by atoms with van der Waals surface area (Å²) in [7, 11) is 3.88. The van der Waals surface area contributed by atoms with Crippen molar-refractivity contribution in [1.29, 1.82) is 0 Å². The molecular formula is C15H28N6O. The van der Waals surface area contributed by atoms with E-state index < -0.39 is 0 Å². The van der Waals surface area contributed by atoms with Crippen molar-refractivity contribution in [2.45, 2.75) is 39.3 Å². The van der Waals surface area contributed by atoms with Gasteiger partial charge >= 0.3 is 0 Å². The molecule has 1 amide bonds. The normalized spacial score (nSPS) is 22.4. The van der Waals surface area contributed by atoms with E-state index in [-0.39, 0.29) is 11.9 Å². The van der Waals surface area contributed by atoms with Gasteiger partial charge in [-0.15, -0.1) is 10.2 Å². The van der Waals surface area contributed by atoms with Gasteiger partial charge in [-0.3, -0.25) is 9.69 Å². The Morgan fingerprint density at radius 3 is 2.77 bits per heavy atom. The van der Waals surface area contributed by atoms with Crippen molar-refractivity contribution >= 4 is 5.91 Å². The van der Waals surface area contributed by atoms with E-state index in [2.05, 4.69) is 17.1 Å². The average Bonchev–Trinajstić information content (AvgIpc) is 2.78. The van der Waals surface area contributed by atoms with E-state index in [1.165, 1.54) is 0 Å². The lowest BCUT2D eigenvalue weighted by Gasteiger charge is -2.38. The molecule has 2 heterocycles. The Balaban J connectivity index is 1.91. The summed E-state index contributed by atoms with van der Waals surface area (Å²) in [5, 5.41) is 8.19. The molecular weight excluding hydrogens is 280 g/mol. The van der Waals surface area contributed by atoms with Crippen LogP contribution < -0.4 is 5.73 Å². The van der Waals surface area contributed by atoms with Crippen LogP contribution in [0, 0.1) is 12.8 Å². The third-order valence-corrected chi connectivity index (χ3v) is 4.57. The molecule has 7 nitrogen and oxygen atoms in total. The number of piperidine rings is 1. The molecule has 1 aromatic rings. The summed E-state index contributed by atoms with van der Waals surface area (Å²) < 4.78 is 1.95. The van der Waals surface area contributed by atoms with Crippen LogP contribution in [-0.2, 0) is 18.4 Å². The maximum atomic E-state index is 12.6. The molecule has 2 atom stereocenters. The van der Waals surface area contributed by atoms with Gasteiger partial charge in [0.25, 0.3) is 0 Å². The summed E-state index contributed by atoms with van der Waals surface area (Å²) in [5.74, 6) is 2.55. The molecule has 124 valence electrons. The number of amides is 1. The molecule has 1 aliphatic rings. The standard InChI is InChI=1S/C15H28N6O/c1-11-5-6-21(13(7-11)8-16)15(22)10-19(3)9-14-18-17-12(2)20(14)4/h11,13H,5-10,16H2,1-4H3. The number of rotatable bonds is 5. The highest BCUT2D eigenvalue weighted by molar-refractivity contribution is 5.78. The predicted molar refractivity (Wildman–Crippen MR) is 85.0 cm³/mol. The third-order valence-electron chi connectivity index (χ3n) is 4.57. The fourth-order valence-corrected chi connectivity index (χ4v) is 3.01. The summed E-state index contributed by atoms with van der Waals surface area (Å²) in [4.78, 5) is 16.5. The first kappa shape index (κ1) is 16.9. The minimum Gasteiger partial charge on any atom is -0.337 e. The number of nitrogens with zero attached hydrogens (tertiary/aromatic N) is 5. The quantitative estimate of drug-likeness (QED) is 0.837. The fraction of sp³-hybridized carbons (Fsp3) is 0.800.